The topological polar surface area (TPSA) is 70.0 Å². The van der Waals surface area contributed by atoms with Crippen molar-refractivity contribution >= 4 is 7.82 Å². The van der Waals surface area contributed by atoms with Crippen molar-refractivity contribution in [2.45, 2.75) is 136 Å². The molecule has 2 N–H and O–H groups in total. The number of phosphoric acid groups is 1. The van der Waals surface area contributed by atoms with E-state index in [1.807, 2.05) is 0 Å². The fraction of sp³-hybridized carbons (Fsp3) is 1.00. The minimum Gasteiger partial charge on any atom is -0.303 e. The van der Waals surface area contributed by atoms with Crippen molar-refractivity contribution in [2.75, 3.05) is 26.2 Å². The lowest BCUT2D eigenvalue weighted by Crippen LogP contribution is -2.27. The molecule has 0 aromatic heterocycles. The Balaban J connectivity index is 3.87. The fourth-order valence-electron chi connectivity index (χ4n) is 4.07. The van der Waals surface area contributed by atoms with E-state index in [0.29, 0.717) is 0 Å². The first-order chi connectivity index (χ1) is 15.0. The van der Waals surface area contributed by atoms with Gasteiger partial charge in [-0.3, -0.25) is 4.52 Å². The molecule has 0 spiro atoms. The van der Waals surface area contributed by atoms with E-state index in [4.69, 9.17) is 9.79 Å². The third-order valence-electron chi connectivity index (χ3n) is 6.03. The highest BCUT2D eigenvalue weighted by Crippen LogP contribution is 2.35. The molecule has 188 valence electrons. The summed E-state index contributed by atoms with van der Waals surface area (Å²) in [5.74, 6) is 0. The van der Waals surface area contributed by atoms with Crippen LogP contribution in [0, 0.1) is 0 Å². The molecular weight excluding hydrogens is 409 g/mol. The molecule has 0 atom stereocenters. The van der Waals surface area contributed by atoms with Gasteiger partial charge in [0.05, 0.1) is 6.61 Å². The van der Waals surface area contributed by atoms with Gasteiger partial charge in [0, 0.05) is 0 Å². The molecule has 0 amide bonds. The Bertz CT molecular complexity index is 385. The van der Waals surface area contributed by atoms with Crippen LogP contribution in [-0.2, 0) is 9.09 Å². The predicted molar refractivity (Wildman–Crippen MR) is 134 cm³/mol. The first-order valence-corrected chi connectivity index (χ1v) is 14.9. The van der Waals surface area contributed by atoms with E-state index < -0.39 is 7.82 Å². The lowest BCUT2D eigenvalue weighted by atomic mass is 10.1. The lowest BCUT2D eigenvalue weighted by molar-refractivity contribution is 0.193. The zero-order valence-electron chi connectivity index (χ0n) is 20.9. The molecule has 0 fully saturated rings. The zero-order chi connectivity index (χ0) is 23.0. The van der Waals surface area contributed by atoms with Crippen LogP contribution in [0.3, 0.4) is 0 Å². The van der Waals surface area contributed by atoms with Crippen LogP contribution in [0.1, 0.15) is 136 Å². The van der Waals surface area contributed by atoms with Crippen molar-refractivity contribution in [2.24, 2.45) is 0 Å². The Morgan fingerprint density at radius 3 is 1.23 bits per heavy atom. The number of nitrogens with zero attached hydrogens (tertiary/aromatic N) is 1. The second-order valence-corrected chi connectivity index (χ2v) is 10.4. The summed E-state index contributed by atoms with van der Waals surface area (Å²) >= 11 is 0. The van der Waals surface area contributed by atoms with Crippen molar-refractivity contribution in [3.63, 3.8) is 0 Å². The summed E-state index contributed by atoms with van der Waals surface area (Å²) in [5, 5.41) is 0. The molecule has 0 aromatic carbocycles. The van der Waals surface area contributed by atoms with Gasteiger partial charge >= 0.3 is 7.82 Å². The van der Waals surface area contributed by atoms with Gasteiger partial charge in [0.25, 0.3) is 0 Å². The van der Waals surface area contributed by atoms with Gasteiger partial charge in [0.2, 0.25) is 0 Å². The van der Waals surface area contributed by atoms with E-state index in [1.165, 1.54) is 122 Å². The standard InChI is InChI=1S/C25H54NO4P/c1-3-5-7-9-11-14-18-22-26(23-19-15-12-10-8-6-4-2)24-20-16-13-17-21-25-30-31(27,28)29/h3-25H2,1-2H3,(H2,27,28,29). The third-order valence-corrected chi connectivity index (χ3v) is 6.55. The van der Waals surface area contributed by atoms with E-state index in [2.05, 4.69) is 23.3 Å². The predicted octanol–water partition coefficient (Wildman–Crippen LogP) is 7.85. The molecule has 31 heavy (non-hydrogen) atoms. The van der Waals surface area contributed by atoms with Gasteiger partial charge in [-0.15, -0.1) is 0 Å². The van der Waals surface area contributed by atoms with Gasteiger partial charge in [0.15, 0.2) is 0 Å². The van der Waals surface area contributed by atoms with E-state index >= 15 is 0 Å². The van der Waals surface area contributed by atoms with Crippen LogP contribution in [0.5, 0.6) is 0 Å². The van der Waals surface area contributed by atoms with E-state index in [-0.39, 0.29) is 6.61 Å². The van der Waals surface area contributed by atoms with Crippen molar-refractivity contribution in [3.8, 4) is 0 Å². The molecule has 0 saturated carbocycles. The number of hydrogen-bond acceptors (Lipinski definition) is 3. The molecule has 0 aliphatic heterocycles. The summed E-state index contributed by atoms with van der Waals surface area (Å²) in [6, 6.07) is 0. The summed E-state index contributed by atoms with van der Waals surface area (Å²) < 4.78 is 15.2. The average molecular weight is 464 g/mol. The molecule has 0 heterocycles. The maximum atomic E-state index is 10.7. The minimum absolute atomic E-state index is 0.160. The molecule has 0 aromatic rings. The van der Waals surface area contributed by atoms with Gasteiger partial charge in [-0.25, -0.2) is 4.57 Å². The Hall–Kier alpha value is 0.0700. The van der Waals surface area contributed by atoms with Crippen LogP contribution in [0.15, 0.2) is 0 Å². The number of phosphoric ester groups is 1. The molecule has 5 nitrogen and oxygen atoms in total. The second-order valence-electron chi connectivity index (χ2n) is 9.18. The fourth-order valence-corrected chi connectivity index (χ4v) is 4.44. The van der Waals surface area contributed by atoms with Crippen LogP contribution >= 0.6 is 7.82 Å². The highest BCUT2D eigenvalue weighted by Gasteiger charge is 2.12. The number of hydrogen-bond donors (Lipinski definition) is 2. The smallest absolute Gasteiger partial charge is 0.303 e. The average Bonchev–Trinajstić information content (AvgIpc) is 2.72. The molecule has 0 saturated heterocycles. The molecule has 6 heteroatoms. The molecule has 0 aliphatic carbocycles. The molecule has 0 bridgehead atoms. The zero-order valence-corrected chi connectivity index (χ0v) is 21.8. The molecule has 0 unspecified atom stereocenters. The third kappa shape index (κ3) is 26.2. The van der Waals surface area contributed by atoms with Gasteiger partial charge in [0.1, 0.15) is 0 Å². The minimum atomic E-state index is -4.29. The van der Waals surface area contributed by atoms with Gasteiger partial charge in [-0.1, -0.05) is 110 Å². The molecule has 0 radical (unpaired) electrons. The first-order valence-electron chi connectivity index (χ1n) is 13.4. The second kappa shape index (κ2) is 23.2. The summed E-state index contributed by atoms with van der Waals surface area (Å²) in [6.07, 6.45) is 24.5. The summed E-state index contributed by atoms with van der Waals surface area (Å²) in [4.78, 5) is 20.1. The van der Waals surface area contributed by atoms with Crippen LogP contribution in [0.25, 0.3) is 0 Å². The Morgan fingerprint density at radius 1 is 0.548 bits per heavy atom. The number of rotatable bonds is 25. The number of unbranched alkanes of at least 4 members (excludes halogenated alkanes) is 16. The van der Waals surface area contributed by atoms with Crippen LogP contribution < -0.4 is 0 Å². The quantitative estimate of drug-likeness (QED) is 0.107. The maximum Gasteiger partial charge on any atom is 0.469 e. The van der Waals surface area contributed by atoms with Crippen molar-refractivity contribution < 1.29 is 18.9 Å². The van der Waals surface area contributed by atoms with Crippen LogP contribution in [0.2, 0.25) is 0 Å². The van der Waals surface area contributed by atoms with Crippen LogP contribution in [0.4, 0.5) is 0 Å². The van der Waals surface area contributed by atoms with Gasteiger partial charge in [-0.05, 0) is 45.3 Å². The van der Waals surface area contributed by atoms with Crippen molar-refractivity contribution in [1.29, 1.82) is 0 Å². The molecule has 0 aliphatic rings. The SMILES string of the molecule is CCCCCCCCCN(CCCCCCCCC)CCCCCCCOP(=O)(O)O. The highest BCUT2D eigenvalue weighted by atomic mass is 31.2. The van der Waals surface area contributed by atoms with Gasteiger partial charge < -0.3 is 14.7 Å². The summed E-state index contributed by atoms with van der Waals surface area (Å²) in [5.41, 5.74) is 0. The summed E-state index contributed by atoms with van der Waals surface area (Å²) in [6.45, 7) is 8.41. The first kappa shape index (κ1) is 31.1. The maximum absolute atomic E-state index is 10.7. The van der Waals surface area contributed by atoms with E-state index in [1.54, 1.807) is 0 Å². The summed E-state index contributed by atoms with van der Waals surface area (Å²) in [7, 11) is -4.29. The largest absolute Gasteiger partial charge is 0.469 e. The van der Waals surface area contributed by atoms with Crippen molar-refractivity contribution in [1.82, 2.24) is 4.90 Å². The molecular formula is C25H54NO4P. The normalized spacial score (nSPS) is 12.2. The highest BCUT2D eigenvalue weighted by molar-refractivity contribution is 7.46. The Morgan fingerprint density at radius 2 is 0.871 bits per heavy atom. The molecule has 0 rings (SSSR count). The Kier molecular flexibility index (Phi) is 23.3. The van der Waals surface area contributed by atoms with E-state index in [0.717, 1.165) is 19.3 Å². The van der Waals surface area contributed by atoms with Gasteiger partial charge in [-0.2, -0.15) is 0 Å². The van der Waals surface area contributed by atoms with Crippen LogP contribution in [-0.4, -0.2) is 40.9 Å². The monoisotopic (exact) mass is 463 g/mol. The van der Waals surface area contributed by atoms with E-state index in [9.17, 15) is 4.57 Å². The lowest BCUT2D eigenvalue weighted by Gasteiger charge is -2.22. The Labute approximate surface area is 194 Å². The van der Waals surface area contributed by atoms with Crippen molar-refractivity contribution in [3.05, 3.63) is 0 Å².